The Morgan fingerprint density at radius 2 is 1.93 bits per heavy atom. The van der Waals surface area contributed by atoms with E-state index in [-0.39, 0.29) is 18.0 Å². The maximum Gasteiger partial charge on any atom is 0.410 e. The highest BCUT2D eigenvalue weighted by molar-refractivity contribution is 5.96. The summed E-state index contributed by atoms with van der Waals surface area (Å²) in [6, 6.07) is 0.201. The van der Waals surface area contributed by atoms with Gasteiger partial charge in [-0.05, 0) is 34.1 Å². The lowest BCUT2D eigenvalue weighted by atomic mass is 9.90. The van der Waals surface area contributed by atoms with Gasteiger partial charge < -0.3 is 14.5 Å². The van der Waals surface area contributed by atoms with E-state index in [0.717, 1.165) is 36.3 Å². The molecule has 7 heteroatoms. The molecule has 2 amide bonds. The molecule has 150 valence electrons. The molecule has 27 heavy (non-hydrogen) atoms. The van der Waals surface area contributed by atoms with E-state index >= 15 is 0 Å². The quantitative estimate of drug-likeness (QED) is 0.792. The molecule has 3 heterocycles. The Hall–Kier alpha value is -2.05. The summed E-state index contributed by atoms with van der Waals surface area (Å²) in [6.07, 6.45) is 3.21. The van der Waals surface area contributed by atoms with Crippen molar-refractivity contribution in [1.29, 1.82) is 0 Å². The predicted molar refractivity (Wildman–Crippen MR) is 103 cm³/mol. The molecular weight excluding hydrogens is 344 g/mol. The lowest BCUT2D eigenvalue weighted by Crippen LogP contribution is -2.49. The van der Waals surface area contributed by atoms with Crippen LogP contribution in [-0.2, 0) is 11.3 Å². The molecule has 1 atom stereocenters. The van der Waals surface area contributed by atoms with Crippen LogP contribution in [0.25, 0.3) is 0 Å². The lowest BCUT2D eigenvalue weighted by Gasteiger charge is -2.37. The van der Waals surface area contributed by atoms with Crippen LogP contribution in [0, 0.1) is 13.8 Å². The third kappa shape index (κ3) is 3.56. The number of rotatable bonds is 5. The van der Waals surface area contributed by atoms with Gasteiger partial charge in [-0.2, -0.15) is 5.10 Å². The smallest absolute Gasteiger partial charge is 0.410 e. The second-order valence-electron chi connectivity index (χ2n) is 7.97. The van der Waals surface area contributed by atoms with Gasteiger partial charge in [-0.1, -0.05) is 13.3 Å². The Bertz CT molecular complexity index is 719. The number of aryl methyl sites for hydroxylation is 2. The van der Waals surface area contributed by atoms with Crippen LogP contribution in [0.2, 0.25) is 0 Å². The minimum atomic E-state index is -0.437. The summed E-state index contributed by atoms with van der Waals surface area (Å²) in [4.78, 5) is 29.1. The summed E-state index contributed by atoms with van der Waals surface area (Å²) < 4.78 is 7.68. The van der Waals surface area contributed by atoms with E-state index < -0.39 is 5.60 Å². The van der Waals surface area contributed by atoms with Gasteiger partial charge in [-0.3, -0.25) is 9.48 Å². The number of carbonyl (C=O) groups excluding carboxylic acids is 2. The average molecular weight is 377 g/mol. The molecule has 1 aromatic heterocycles. The zero-order valence-corrected chi connectivity index (χ0v) is 17.2. The number of ether oxygens (including phenoxy) is 1. The van der Waals surface area contributed by atoms with Crippen LogP contribution in [0.1, 0.15) is 68.2 Å². The fraction of sp³-hybridized carbons (Fsp3) is 0.750. The zero-order chi connectivity index (χ0) is 19.8. The van der Waals surface area contributed by atoms with Crippen LogP contribution in [0.15, 0.2) is 0 Å². The molecule has 1 aromatic rings. The van der Waals surface area contributed by atoms with Crippen molar-refractivity contribution in [2.24, 2.45) is 0 Å². The summed E-state index contributed by atoms with van der Waals surface area (Å²) in [7, 11) is 0. The highest BCUT2D eigenvalue weighted by atomic mass is 16.6. The highest BCUT2D eigenvalue weighted by Crippen LogP contribution is 2.35. The molecule has 0 saturated carbocycles. The minimum Gasteiger partial charge on any atom is -0.441 e. The van der Waals surface area contributed by atoms with Gasteiger partial charge in [-0.15, -0.1) is 0 Å². The number of piperidine rings is 1. The molecule has 0 aromatic carbocycles. The summed E-state index contributed by atoms with van der Waals surface area (Å²) in [5.41, 5.74) is 1.99. The van der Waals surface area contributed by atoms with Crippen molar-refractivity contribution in [3.8, 4) is 0 Å². The Morgan fingerprint density at radius 3 is 2.48 bits per heavy atom. The van der Waals surface area contributed by atoms with Crippen molar-refractivity contribution in [3.05, 3.63) is 17.0 Å². The third-order valence-electron chi connectivity index (χ3n) is 6.09. The molecule has 1 spiro atoms. The number of aromatic nitrogens is 2. The van der Waals surface area contributed by atoms with Crippen molar-refractivity contribution in [2.75, 3.05) is 19.6 Å². The largest absolute Gasteiger partial charge is 0.441 e. The van der Waals surface area contributed by atoms with Gasteiger partial charge in [0.25, 0.3) is 5.91 Å². The first-order valence-electron chi connectivity index (χ1n) is 10.1. The molecule has 2 aliphatic rings. The highest BCUT2D eigenvalue weighted by Gasteiger charge is 2.48. The molecule has 0 N–H and O–H groups in total. The first-order chi connectivity index (χ1) is 12.8. The van der Waals surface area contributed by atoms with Gasteiger partial charge in [0.1, 0.15) is 5.60 Å². The minimum absolute atomic E-state index is 0.0417. The zero-order valence-electron chi connectivity index (χ0n) is 17.2. The molecule has 0 aliphatic carbocycles. The maximum absolute atomic E-state index is 13.1. The van der Waals surface area contributed by atoms with Crippen molar-refractivity contribution in [2.45, 2.75) is 78.5 Å². The van der Waals surface area contributed by atoms with Gasteiger partial charge in [0, 0.05) is 44.2 Å². The standard InChI is InChI=1S/C20H32N4O3/c1-6-8-14(3)23-13-20(27-19(23)26)9-11-22(12-10-20)18(25)17-15(4)21-24(7-2)16(17)5/h14H,6-13H2,1-5H3/t14-/m0/s1. The summed E-state index contributed by atoms with van der Waals surface area (Å²) >= 11 is 0. The fourth-order valence-corrected chi connectivity index (χ4v) is 4.41. The third-order valence-corrected chi connectivity index (χ3v) is 6.09. The Balaban J connectivity index is 1.66. The van der Waals surface area contributed by atoms with Crippen molar-refractivity contribution < 1.29 is 14.3 Å². The molecule has 2 saturated heterocycles. The number of hydrogen-bond donors (Lipinski definition) is 0. The first-order valence-corrected chi connectivity index (χ1v) is 10.1. The fourth-order valence-electron chi connectivity index (χ4n) is 4.41. The average Bonchev–Trinajstić information content (AvgIpc) is 3.11. The number of nitrogens with zero attached hydrogens (tertiary/aromatic N) is 4. The van der Waals surface area contributed by atoms with Crippen molar-refractivity contribution in [3.63, 3.8) is 0 Å². The van der Waals surface area contributed by atoms with E-state index in [1.54, 1.807) is 0 Å². The summed E-state index contributed by atoms with van der Waals surface area (Å²) in [5, 5.41) is 4.47. The van der Waals surface area contributed by atoms with E-state index in [9.17, 15) is 9.59 Å². The van der Waals surface area contributed by atoms with Gasteiger partial charge in [0.15, 0.2) is 0 Å². The molecule has 2 fully saturated rings. The SMILES string of the molecule is CCC[C@H](C)N1CC2(CCN(C(=O)c3c(C)nn(CC)c3C)CC2)OC1=O. The molecule has 0 unspecified atom stereocenters. The maximum atomic E-state index is 13.1. The molecule has 7 nitrogen and oxygen atoms in total. The Kier molecular flexibility index (Phi) is 5.49. The second-order valence-corrected chi connectivity index (χ2v) is 7.97. The molecule has 3 rings (SSSR count). The number of likely N-dealkylation sites (tertiary alicyclic amines) is 1. The second kappa shape index (κ2) is 7.52. The normalized spacial score (nSPS) is 20.3. The van der Waals surface area contributed by atoms with E-state index in [4.69, 9.17) is 4.74 Å². The van der Waals surface area contributed by atoms with Crippen LogP contribution in [0.5, 0.6) is 0 Å². The molecular formula is C20H32N4O3. The topological polar surface area (TPSA) is 67.7 Å². The lowest BCUT2D eigenvalue weighted by molar-refractivity contribution is 0.00303. The molecule has 0 radical (unpaired) electrons. The van der Waals surface area contributed by atoms with Crippen LogP contribution >= 0.6 is 0 Å². The van der Waals surface area contributed by atoms with Crippen LogP contribution < -0.4 is 0 Å². The van der Waals surface area contributed by atoms with Crippen molar-refractivity contribution in [1.82, 2.24) is 19.6 Å². The van der Waals surface area contributed by atoms with E-state index in [1.165, 1.54) is 0 Å². The number of carbonyl (C=O) groups is 2. The van der Waals surface area contributed by atoms with E-state index in [1.807, 2.05) is 35.3 Å². The van der Waals surface area contributed by atoms with Gasteiger partial charge >= 0.3 is 6.09 Å². The van der Waals surface area contributed by atoms with E-state index in [2.05, 4.69) is 18.9 Å². The Morgan fingerprint density at radius 1 is 1.26 bits per heavy atom. The van der Waals surface area contributed by atoms with Crippen molar-refractivity contribution >= 4 is 12.0 Å². The number of amides is 2. The van der Waals surface area contributed by atoms with Crippen LogP contribution in [0.3, 0.4) is 0 Å². The monoisotopic (exact) mass is 376 g/mol. The van der Waals surface area contributed by atoms with Crippen LogP contribution in [-0.4, -0.2) is 62.9 Å². The van der Waals surface area contributed by atoms with E-state index in [0.29, 0.717) is 32.5 Å². The molecule has 0 bridgehead atoms. The number of hydrogen-bond acceptors (Lipinski definition) is 4. The van der Waals surface area contributed by atoms with Gasteiger partial charge in [0.2, 0.25) is 0 Å². The summed E-state index contributed by atoms with van der Waals surface area (Å²) in [5.74, 6) is 0.0417. The van der Waals surface area contributed by atoms with Gasteiger partial charge in [0.05, 0.1) is 17.8 Å². The predicted octanol–water partition coefficient (Wildman–Crippen LogP) is 3.14. The Labute approximate surface area is 161 Å². The first kappa shape index (κ1) is 19.7. The molecule has 2 aliphatic heterocycles. The van der Waals surface area contributed by atoms with Gasteiger partial charge in [-0.25, -0.2) is 4.79 Å². The summed E-state index contributed by atoms with van der Waals surface area (Å²) in [6.45, 7) is 12.7. The van der Waals surface area contributed by atoms with Crippen LogP contribution in [0.4, 0.5) is 4.79 Å².